The van der Waals surface area contributed by atoms with Crippen molar-refractivity contribution in [1.82, 2.24) is 0 Å². The minimum Gasteiger partial charge on any atom is -0.325 e. The molecule has 33 heavy (non-hydrogen) atoms. The van der Waals surface area contributed by atoms with Crippen molar-refractivity contribution in [1.29, 1.82) is 0 Å². The molecule has 3 aromatic rings. The average Bonchev–Trinajstić information content (AvgIpc) is 2.70. The Bertz CT molecular complexity index is 1150. The molecule has 0 aliphatic heterocycles. The van der Waals surface area contributed by atoms with Crippen molar-refractivity contribution in [2.45, 2.75) is 32.6 Å². The van der Waals surface area contributed by atoms with Crippen molar-refractivity contribution in [2.24, 2.45) is 0 Å². The van der Waals surface area contributed by atoms with Crippen LogP contribution in [0.5, 0.6) is 0 Å². The second-order valence-electron chi connectivity index (χ2n) is 7.65. The van der Waals surface area contributed by atoms with Gasteiger partial charge in [-0.3, -0.25) is 4.79 Å². The first kappa shape index (κ1) is 24.3. The van der Waals surface area contributed by atoms with E-state index in [1.807, 2.05) is 0 Å². The molecule has 1 amide bonds. The van der Waals surface area contributed by atoms with Crippen LogP contribution >= 0.6 is 0 Å². The van der Waals surface area contributed by atoms with Gasteiger partial charge in [-0.2, -0.15) is 26.3 Å². The Morgan fingerprint density at radius 2 is 1.36 bits per heavy atom. The monoisotopic (exact) mass is 469 g/mol. The molecule has 2 nitrogen and oxygen atoms in total. The lowest BCUT2D eigenvalue weighted by Gasteiger charge is -2.19. The zero-order valence-electron chi connectivity index (χ0n) is 17.5. The van der Waals surface area contributed by atoms with Crippen molar-refractivity contribution >= 4 is 11.6 Å². The number of carbonyl (C=O) groups excluding carboxylic acids is 1. The number of rotatable bonds is 4. The zero-order chi connectivity index (χ0) is 24.6. The SMILES string of the molecule is Cc1cc(C)c(NC(=O)Cc2ccc(F)cc2)c(-c2cc(C(F)(F)F)cc(C(F)(F)F)c2)c1. The summed E-state index contributed by atoms with van der Waals surface area (Å²) in [5.41, 5.74) is -1.57. The molecule has 0 aliphatic carbocycles. The highest BCUT2D eigenvalue weighted by Gasteiger charge is 2.37. The Balaban J connectivity index is 2.08. The highest BCUT2D eigenvalue weighted by Crippen LogP contribution is 2.41. The lowest BCUT2D eigenvalue weighted by molar-refractivity contribution is -0.143. The maximum absolute atomic E-state index is 13.3. The van der Waals surface area contributed by atoms with Gasteiger partial charge in [-0.05, 0) is 66.9 Å². The molecule has 9 heteroatoms. The summed E-state index contributed by atoms with van der Waals surface area (Å²) in [6.07, 6.45) is -10.2. The third kappa shape index (κ3) is 5.91. The molecule has 0 spiro atoms. The summed E-state index contributed by atoms with van der Waals surface area (Å²) in [7, 11) is 0. The van der Waals surface area contributed by atoms with Gasteiger partial charge in [-0.15, -0.1) is 0 Å². The van der Waals surface area contributed by atoms with E-state index in [0.717, 1.165) is 0 Å². The van der Waals surface area contributed by atoms with Gasteiger partial charge in [0.15, 0.2) is 0 Å². The van der Waals surface area contributed by atoms with Crippen molar-refractivity contribution in [3.63, 3.8) is 0 Å². The largest absolute Gasteiger partial charge is 0.416 e. The number of hydrogen-bond acceptors (Lipinski definition) is 1. The number of alkyl halides is 6. The first-order chi connectivity index (χ1) is 15.2. The maximum atomic E-state index is 13.3. The summed E-state index contributed by atoms with van der Waals surface area (Å²) in [5.74, 6) is -1.04. The van der Waals surface area contributed by atoms with Crippen molar-refractivity contribution < 1.29 is 35.5 Å². The van der Waals surface area contributed by atoms with Gasteiger partial charge in [-0.25, -0.2) is 4.39 Å². The van der Waals surface area contributed by atoms with Crippen LogP contribution in [-0.2, 0) is 23.6 Å². The third-order valence-electron chi connectivity index (χ3n) is 4.92. The minimum atomic E-state index is -5.00. The van der Waals surface area contributed by atoms with Crippen LogP contribution in [0.25, 0.3) is 11.1 Å². The quantitative estimate of drug-likeness (QED) is 0.399. The lowest BCUT2D eigenvalue weighted by Crippen LogP contribution is -2.16. The molecule has 0 aliphatic rings. The van der Waals surface area contributed by atoms with Gasteiger partial charge in [-0.1, -0.05) is 23.8 Å². The Kier molecular flexibility index (Phi) is 6.53. The molecule has 0 saturated heterocycles. The van der Waals surface area contributed by atoms with E-state index >= 15 is 0 Å². The first-order valence-corrected chi connectivity index (χ1v) is 9.69. The number of anilines is 1. The molecular formula is C24H18F7NO. The standard InChI is InChI=1S/C24H18F7NO/c1-13-7-14(2)22(32-21(33)9-15-3-5-19(25)6-4-15)20(8-13)16-10-17(23(26,27)28)12-18(11-16)24(29,30)31/h3-8,10-12H,9H2,1-2H3,(H,32,33). The van der Waals surface area contributed by atoms with E-state index in [-0.39, 0.29) is 29.3 Å². The molecular weight excluding hydrogens is 451 g/mol. The Labute approximate surface area is 185 Å². The number of halogens is 7. The van der Waals surface area contributed by atoms with Crippen molar-refractivity contribution in [3.05, 3.63) is 88.2 Å². The molecule has 0 fully saturated rings. The maximum Gasteiger partial charge on any atom is 0.416 e. The van der Waals surface area contributed by atoms with E-state index in [9.17, 15) is 35.5 Å². The first-order valence-electron chi connectivity index (χ1n) is 9.69. The van der Waals surface area contributed by atoms with Crippen LogP contribution in [0, 0.1) is 19.7 Å². The van der Waals surface area contributed by atoms with Gasteiger partial charge in [0.05, 0.1) is 23.2 Å². The van der Waals surface area contributed by atoms with E-state index in [0.29, 0.717) is 28.8 Å². The molecule has 0 unspecified atom stereocenters. The fraction of sp³-hybridized carbons (Fsp3) is 0.208. The summed E-state index contributed by atoms with van der Waals surface area (Å²) in [5, 5.41) is 2.59. The molecule has 0 atom stereocenters. The van der Waals surface area contributed by atoms with E-state index < -0.39 is 35.2 Å². The molecule has 3 rings (SSSR count). The molecule has 0 heterocycles. The van der Waals surface area contributed by atoms with Gasteiger partial charge in [0.1, 0.15) is 5.82 Å². The predicted molar refractivity (Wildman–Crippen MR) is 110 cm³/mol. The topological polar surface area (TPSA) is 29.1 Å². The van der Waals surface area contributed by atoms with Crippen LogP contribution < -0.4 is 5.32 Å². The second-order valence-corrected chi connectivity index (χ2v) is 7.65. The normalized spacial score (nSPS) is 12.0. The van der Waals surface area contributed by atoms with Crippen molar-refractivity contribution in [3.8, 4) is 11.1 Å². The summed E-state index contributed by atoms with van der Waals surface area (Å²) in [6, 6.07) is 9.52. The summed E-state index contributed by atoms with van der Waals surface area (Å²) >= 11 is 0. The van der Waals surface area contributed by atoms with Crippen molar-refractivity contribution in [2.75, 3.05) is 5.32 Å². The molecule has 3 aromatic carbocycles. The van der Waals surface area contributed by atoms with Crippen LogP contribution in [0.2, 0.25) is 0 Å². The van der Waals surface area contributed by atoms with Crippen LogP contribution in [0.15, 0.2) is 54.6 Å². The van der Waals surface area contributed by atoms with Gasteiger partial charge in [0.25, 0.3) is 0 Å². The Morgan fingerprint density at radius 3 is 1.88 bits per heavy atom. The van der Waals surface area contributed by atoms with Gasteiger partial charge in [0, 0.05) is 5.56 Å². The molecule has 0 radical (unpaired) electrons. The second kappa shape index (κ2) is 8.88. The van der Waals surface area contributed by atoms with E-state index in [2.05, 4.69) is 5.32 Å². The van der Waals surface area contributed by atoms with Gasteiger partial charge >= 0.3 is 12.4 Å². The Hall–Kier alpha value is -3.36. The van der Waals surface area contributed by atoms with E-state index in [1.54, 1.807) is 19.9 Å². The van der Waals surface area contributed by atoms with E-state index in [1.165, 1.54) is 30.3 Å². The van der Waals surface area contributed by atoms with Crippen LogP contribution in [0.3, 0.4) is 0 Å². The third-order valence-corrected chi connectivity index (χ3v) is 4.92. The number of amides is 1. The van der Waals surface area contributed by atoms with Crippen LogP contribution in [0.4, 0.5) is 36.4 Å². The molecule has 1 N–H and O–H groups in total. The molecule has 0 saturated carbocycles. The molecule has 0 bridgehead atoms. The number of benzene rings is 3. The highest BCUT2D eigenvalue weighted by atomic mass is 19.4. The summed E-state index contributed by atoms with van der Waals surface area (Å²) in [6.45, 7) is 3.22. The lowest BCUT2D eigenvalue weighted by atomic mass is 9.94. The number of nitrogens with one attached hydrogen (secondary N) is 1. The average molecular weight is 469 g/mol. The fourth-order valence-corrected chi connectivity index (χ4v) is 3.44. The zero-order valence-corrected chi connectivity index (χ0v) is 17.5. The van der Waals surface area contributed by atoms with Crippen LogP contribution in [0.1, 0.15) is 27.8 Å². The fourth-order valence-electron chi connectivity index (χ4n) is 3.44. The minimum absolute atomic E-state index is 0.0246. The predicted octanol–water partition coefficient (Wildman–Crippen LogP) is 7.33. The number of carbonyl (C=O) groups is 1. The Morgan fingerprint density at radius 1 is 0.818 bits per heavy atom. The van der Waals surface area contributed by atoms with Gasteiger partial charge in [0.2, 0.25) is 5.91 Å². The van der Waals surface area contributed by atoms with E-state index in [4.69, 9.17) is 0 Å². The highest BCUT2D eigenvalue weighted by molar-refractivity contribution is 5.98. The number of aryl methyl sites for hydroxylation is 2. The molecule has 0 aromatic heterocycles. The smallest absolute Gasteiger partial charge is 0.325 e. The summed E-state index contributed by atoms with van der Waals surface area (Å²) < 4.78 is 93.0. The summed E-state index contributed by atoms with van der Waals surface area (Å²) in [4.78, 5) is 12.6. The van der Waals surface area contributed by atoms with Gasteiger partial charge < -0.3 is 5.32 Å². The molecule has 174 valence electrons. The number of hydrogen-bond donors (Lipinski definition) is 1. The van der Waals surface area contributed by atoms with Crippen LogP contribution in [-0.4, -0.2) is 5.91 Å².